The molecule has 0 aliphatic carbocycles. The third-order valence-corrected chi connectivity index (χ3v) is 8.78. The Kier molecular flexibility index (Phi) is 7.69. The molecule has 1 saturated heterocycles. The third kappa shape index (κ3) is 5.46. The standard InChI is InChI=1S/C26H16BrCl2N3O3S2/c27-17-7-3-16(4-8-17)22(33)20-21(15-5-11-19(29)12-6-15)32(24(35)23(20)34)25-30-31-26(37-25)36-13-14-1-9-18(28)10-2-14/h1-12,21,33H,13H2/b22-20-. The normalized spacial score (nSPS) is 16.9. The van der Waals surface area contributed by atoms with E-state index in [1.807, 2.05) is 24.3 Å². The summed E-state index contributed by atoms with van der Waals surface area (Å²) in [4.78, 5) is 27.8. The number of ketones is 1. The van der Waals surface area contributed by atoms with Gasteiger partial charge >= 0.3 is 5.91 Å². The minimum absolute atomic E-state index is 0.0276. The van der Waals surface area contributed by atoms with Gasteiger partial charge in [-0.1, -0.05) is 98.6 Å². The van der Waals surface area contributed by atoms with E-state index in [1.165, 1.54) is 28.0 Å². The number of aliphatic hydroxyl groups excluding tert-OH is 1. The lowest BCUT2D eigenvalue weighted by atomic mass is 9.95. The molecule has 3 aromatic carbocycles. The van der Waals surface area contributed by atoms with Crippen LogP contribution in [0, 0.1) is 0 Å². The van der Waals surface area contributed by atoms with Gasteiger partial charge in [-0.05, 0) is 47.5 Å². The highest BCUT2D eigenvalue weighted by Gasteiger charge is 2.48. The molecule has 1 fully saturated rings. The van der Waals surface area contributed by atoms with Gasteiger partial charge in [-0.3, -0.25) is 14.5 Å². The van der Waals surface area contributed by atoms with Gasteiger partial charge in [-0.25, -0.2) is 0 Å². The molecule has 1 amide bonds. The summed E-state index contributed by atoms with van der Waals surface area (Å²) in [5.41, 5.74) is 2.05. The summed E-state index contributed by atoms with van der Waals surface area (Å²) in [5, 5.41) is 21.1. The number of benzene rings is 3. The van der Waals surface area contributed by atoms with E-state index in [0.29, 0.717) is 31.3 Å². The number of carbonyl (C=O) groups is 2. The maximum absolute atomic E-state index is 13.3. The van der Waals surface area contributed by atoms with Gasteiger partial charge in [-0.15, -0.1) is 10.2 Å². The molecule has 37 heavy (non-hydrogen) atoms. The van der Waals surface area contributed by atoms with Crippen LogP contribution in [0.5, 0.6) is 0 Å². The molecule has 1 aromatic heterocycles. The summed E-state index contributed by atoms with van der Waals surface area (Å²) in [7, 11) is 0. The van der Waals surface area contributed by atoms with E-state index >= 15 is 0 Å². The van der Waals surface area contributed by atoms with E-state index in [1.54, 1.807) is 48.5 Å². The van der Waals surface area contributed by atoms with E-state index in [-0.39, 0.29) is 16.5 Å². The van der Waals surface area contributed by atoms with Crippen LogP contribution in [0.15, 0.2) is 87.2 Å². The monoisotopic (exact) mass is 631 g/mol. The lowest BCUT2D eigenvalue weighted by molar-refractivity contribution is -0.132. The largest absolute Gasteiger partial charge is 0.507 e. The summed E-state index contributed by atoms with van der Waals surface area (Å²) in [5.74, 6) is -1.22. The van der Waals surface area contributed by atoms with Crippen molar-refractivity contribution in [1.82, 2.24) is 10.2 Å². The minimum Gasteiger partial charge on any atom is -0.507 e. The predicted molar refractivity (Wildman–Crippen MR) is 151 cm³/mol. The lowest BCUT2D eigenvalue weighted by Gasteiger charge is -2.22. The van der Waals surface area contributed by atoms with E-state index in [0.717, 1.165) is 10.0 Å². The van der Waals surface area contributed by atoms with Crippen LogP contribution in [0.2, 0.25) is 10.0 Å². The molecule has 4 aromatic rings. The number of nitrogens with zero attached hydrogens (tertiary/aromatic N) is 3. The molecule has 11 heteroatoms. The van der Waals surface area contributed by atoms with E-state index in [4.69, 9.17) is 23.2 Å². The molecule has 0 spiro atoms. The molecule has 1 aliphatic heterocycles. The van der Waals surface area contributed by atoms with E-state index in [9.17, 15) is 14.7 Å². The molecule has 0 radical (unpaired) electrons. The zero-order valence-electron chi connectivity index (χ0n) is 18.8. The number of thioether (sulfide) groups is 1. The zero-order valence-corrected chi connectivity index (χ0v) is 23.5. The Hall–Kier alpha value is -2.69. The Bertz CT molecular complexity index is 1510. The Morgan fingerprint density at radius 1 is 0.946 bits per heavy atom. The minimum atomic E-state index is -0.900. The Morgan fingerprint density at radius 3 is 2.22 bits per heavy atom. The second-order valence-electron chi connectivity index (χ2n) is 7.99. The smallest absolute Gasteiger partial charge is 0.301 e. The fourth-order valence-corrected chi connectivity index (χ4v) is 6.18. The van der Waals surface area contributed by atoms with Crippen LogP contribution in [0.4, 0.5) is 5.13 Å². The molecule has 1 N–H and O–H groups in total. The molecule has 0 saturated carbocycles. The van der Waals surface area contributed by atoms with Gasteiger partial charge in [0.2, 0.25) is 5.13 Å². The highest BCUT2D eigenvalue weighted by atomic mass is 79.9. The van der Waals surface area contributed by atoms with Gasteiger partial charge in [0.25, 0.3) is 5.78 Å². The number of aromatic nitrogens is 2. The summed E-state index contributed by atoms with van der Waals surface area (Å²) >= 11 is 18.1. The molecule has 0 bridgehead atoms. The van der Waals surface area contributed by atoms with Gasteiger partial charge in [0.1, 0.15) is 5.76 Å². The number of aliphatic hydroxyl groups is 1. The number of rotatable bonds is 6. The van der Waals surface area contributed by atoms with Crippen molar-refractivity contribution in [2.45, 2.75) is 16.1 Å². The fourth-order valence-electron chi connectivity index (χ4n) is 3.84. The highest BCUT2D eigenvalue weighted by molar-refractivity contribution is 9.10. The molecule has 2 heterocycles. The van der Waals surface area contributed by atoms with E-state index < -0.39 is 17.7 Å². The first-order valence-electron chi connectivity index (χ1n) is 10.8. The topological polar surface area (TPSA) is 83.4 Å². The van der Waals surface area contributed by atoms with Gasteiger partial charge < -0.3 is 5.11 Å². The number of anilines is 1. The lowest BCUT2D eigenvalue weighted by Crippen LogP contribution is -2.29. The van der Waals surface area contributed by atoms with Gasteiger partial charge in [0, 0.05) is 25.8 Å². The van der Waals surface area contributed by atoms with Crippen molar-refractivity contribution >= 4 is 84.8 Å². The SMILES string of the molecule is O=C1C(=O)N(c2nnc(SCc3ccc(Cl)cc3)s2)C(c2ccc(Cl)cc2)/C1=C(/O)c1ccc(Br)cc1. The molecular weight excluding hydrogens is 617 g/mol. The quantitative estimate of drug-likeness (QED) is 0.0778. The zero-order chi connectivity index (χ0) is 26.1. The number of carbonyl (C=O) groups excluding carboxylic acids is 2. The molecule has 1 unspecified atom stereocenters. The third-order valence-electron chi connectivity index (χ3n) is 5.63. The van der Waals surface area contributed by atoms with Crippen molar-refractivity contribution in [3.63, 3.8) is 0 Å². The Morgan fingerprint density at radius 2 is 1.57 bits per heavy atom. The van der Waals surface area contributed by atoms with Crippen molar-refractivity contribution in [2.75, 3.05) is 4.90 Å². The van der Waals surface area contributed by atoms with Crippen LogP contribution in [0.3, 0.4) is 0 Å². The number of hydrogen-bond donors (Lipinski definition) is 1. The summed E-state index contributed by atoms with van der Waals surface area (Å²) in [6, 6.07) is 20.2. The molecule has 1 atom stereocenters. The first-order valence-corrected chi connectivity index (χ1v) is 14.2. The maximum atomic E-state index is 13.3. The fraction of sp³-hybridized carbons (Fsp3) is 0.0769. The molecule has 1 aliphatic rings. The predicted octanol–water partition coefficient (Wildman–Crippen LogP) is 7.53. The van der Waals surface area contributed by atoms with Crippen LogP contribution in [-0.2, 0) is 15.3 Å². The van der Waals surface area contributed by atoms with Crippen LogP contribution in [0.1, 0.15) is 22.7 Å². The molecule has 6 nitrogen and oxygen atoms in total. The van der Waals surface area contributed by atoms with Crippen molar-refractivity contribution in [3.8, 4) is 0 Å². The maximum Gasteiger partial charge on any atom is 0.301 e. The summed E-state index contributed by atoms with van der Waals surface area (Å²) < 4.78 is 1.45. The summed E-state index contributed by atoms with van der Waals surface area (Å²) in [6.07, 6.45) is 0. The first-order chi connectivity index (χ1) is 17.8. The van der Waals surface area contributed by atoms with Crippen molar-refractivity contribution < 1.29 is 14.7 Å². The number of amides is 1. The number of halogens is 3. The summed E-state index contributed by atoms with van der Waals surface area (Å²) in [6.45, 7) is 0. The second kappa shape index (κ2) is 11.0. The Balaban J connectivity index is 1.53. The number of hydrogen-bond acceptors (Lipinski definition) is 7. The van der Waals surface area contributed by atoms with E-state index in [2.05, 4.69) is 26.1 Å². The van der Waals surface area contributed by atoms with Crippen LogP contribution in [-0.4, -0.2) is 27.0 Å². The average Bonchev–Trinajstić information content (AvgIpc) is 3.46. The Labute approximate surface area is 239 Å². The van der Waals surface area contributed by atoms with Gasteiger partial charge in [-0.2, -0.15) is 0 Å². The highest BCUT2D eigenvalue weighted by Crippen LogP contribution is 2.44. The van der Waals surface area contributed by atoms with Crippen LogP contribution < -0.4 is 4.90 Å². The molecule has 5 rings (SSSR count). The second-order valence-corrected chi connectivity index (χ2v) is 12.0. The van der Waals surface area contributed by atoms with Crippen LogP contribution >= 0.6 is 62.2 Å². The van der Waals surface area contributed by atoms with Crippen LogP contribution in [0.25, 0.3) is 5.76 Å². The van der Waals surface area contributed by atoms with Crippen molar-refractivity contribution in [2.24, 2.45) is 0 Å². The van der Waals surface area contributed by atoms with Crippen molar-refractivity contribution in [3.05, 3.63) is 110 Å². The number of Topliss-reactive ketones (excluding diaryl/α,β-unsaturated/α-hetero) is 1. The first kappa shape index (κ1) is 25.9. The van der Waals surface area contributed by atoms with Crippen molar-refractivity contribution in [1.29, 1.82) is 0 Å². The molecular formula is C26H16BrCl2N3O3S2. The molecule has 186 valence electrons. The van der Waals surface area contributed by atoms with Gasteiger partial charge in [0.15, 0.2) is 4.34 Å². The average molecular weight is 633 g/mol. The van der Waals surface area contributed by atoms with Gasteiger partial charge in [0.05, 0.1) is 11.6 Å².